The fourth-order valence-electron chi connectivity index (χ4n) is 6.98. The summed E-state index contributed by atoms with van der Waals surface area (Å²) in [6, 6.07) is 9.93. The number of likely N-dealkylation sites (tertiary alicyclic amines) is 1. The molecule has 0 atom stereocenters. The van der Waals surface area contributed by atoms with Gasteiger partial charge in [0, 0.05) is 26.2 Å². The number of hydrogen-bond donors (Lipinski definition) is 2. The number of fused-ring (bicyclic) bond motifs is 4. The number of anilines is 2. The molecule has 18 heteroatoms. The van der Waals surface area contributed by atoms with Gasteiger partial charge in [-0.25, -0.2) is 14.3 Å². The van der Waals surface area contributed by atoms with Gasteiger partial charge in [-0.1, -0.05) is 28.2 Å². The van der Waals surface area contributed by atoms with Crippen molar-refractivity contribution < 1.29 is 41.2 Å². The van der Waals surface area contributed by atoms with Crippen molar-refractivity contribution in [1.29, 1.82) is 0 Å². The van der Waals surface area contributed by atoms with Crippen LogP contribution in [0, 0.1) is 0 Å². The number of oxazole rings is 1. The SMILES string of the molecule is O=C(C[n+]1c2c(c(=O)n3[nH]c(N4CCOCC4)nc31)C1(CCN(C(=O)Cc3nc4ccccc4o3)CC1)OC2)Nc1ccc(C(F)(F)F)cc1Cl. The molecular weight excluding hydrogens is 697 g/mol. The van der Waals surface area contributed by atoms with Crippen molar-refractivity contribution in [2.45, 2.75) is 44.2 Å². The fraction of sp³-hybridized carbons (Fsp3) is 0.394. The van der Waals surface area contributed by atoms with Crippen molar-refractivity contribution >= 4 is 51.9 Å². The van der Waals surface area contributed by atoms with Gasteiger partial charge in [0.15, 0.2) is 12.1 Å². The largest absolute Gasteiger partial charge is 0.440 e. The van der Waals surface area contributed by atoms with Crippen LogP contribution < -0.4 is 20.3 Å². The number of piperidine rings is 1. The number of carbonyl (C=O) groups excluding carboxylic acids is 2. The van der Waals surface area contributed by atoms with Crippen molar-refractivity contribution in [1.82, 2.24) is 24.5 Å². The van der Waals surface area contributed by atoms with Gasteiger partial charge in [0.1, 0.15) is 35.4 Å². The number of para-hydroxylation sites is 2. The van der Waals surface area contributed by atoms with Crippen LogP contribution >= 0.6 is 11.6 Å². The van der Waals surface area contributed by atoms with Gasteiger partial charge in [0.25, 0.3) is 5.91 Å². The summed E-state index contributed by atoms with van der Waals surface area (Å²) in [4.78, 5) is 53.8. The van der Waals surface area contributed by atoms with Crippen LogP contribution in [0.25, 0.3) is 16.9 Å². The lowest BCUT2D eigenvalue weighted by Gasteiger charge is -2.38. The van der Waals surface area contributed by atoms with E-state index >= 15 is 0 Å². The molecule has 0 saturated carbocycles. The zero-order chi connectivity index (χ0) is 35.5. The third-order valence-electron chi connectivity index (χ3n) is 9.58. The standard InChI is InChI=1S/C33H30ClF3N8O6/c34-20-15-19(33(35,36)37)5-6-21(20)38-25(46)17-44-23-18-50-32(28(23)29(48)45-31(44)40-30(41-45)43-11-13-49-14-12-43)7-9-42(10-8-32)27(47)16-26-39-22-3-1-2-4-24(22)51-26/h1-6,15H,7-14,16-18H2,(H,38,46)/p+1. The molecule has 51 heavy (non-hydrogen) atoms. The van der Waals surface area contributed by atoms with Gasteiger partial charge in [-0.15, -0.1) is 0 Å². The van der Waals surface area contributed by atoms with Gasteiger partial charge >= 0.3 is 23.5 Å². The monoisotopic (exact) mass is 727 g/mol. The van der Waals surface area contributed by atoms with Crippen LogP contribution in [0.5, 0.6) is 0 Å². The Hall–Kier alpha value is -5.00. The summed E-state index contributed by atoms with van der Waals surface area (Å²) in [7, 11) is 0. The number of aromatic nitrogens is 5. The van der Waals surface area contributed by atoms with Crippen molar-refractivity contribution in [3.05, 3.63) is 80.6 Å². The first kappa shape index (κ1) is 33.2. The Labute approximate surface area is 291 Å². The first-order valence-corrected chi connectivity index (χ1v) is 16.7. The molecule has 2 aromatic carbocycles. The predicted octanol–water partition coefficient (Wildman–Crippen LogP) is 3.19. The van der Waals surface area contributed by atoms with E-state index in [0.29, 0.717) is 86.4 Å². The molecule has 266 valence electrons. The van der Waals surface area contributed by atoms with Crippen LogP contribution in [0.1, 0.15) is 35.6 Å². The molecule has 2 saturated heterocycles. The van der Waals surface area contributed by atoms with E-state index in [0.717, 1.165) is 18.2 Å². The van der Waals surface area contributed by atoms with Gasteiger partial charge in [0.05, 0.1) is 29.5 Å². The molecule has 1 spiro atoms. The molecule has 0 bridgehead atoms. The Morgan fingerprint density at radius 3 is 2.55 bits per heavy atom. The van der Waals surface area contributed by atoms with E-state index in [1.165, 1.54) is 4.52 Å². The Balaban J connectivity index is 1.09. The highest BCUT2D eigenvalue weighted by atomic mass is 35.5. The summed E-state index contributed by atoms with van der Waals surface area (Å²) in [6.07, 6.45) is -3.98. The topological polar surface area (TPSA) is 151 Å². The van der Waals surface area contributed by atoms with Gasteiger partial charge in [-0.3, -0.25) is 9.59 Å². The van der Waals surface area contributed by atoms with Crippen LogP contribution in [0.15, 0.2) is 51.7 Å². The molecule has 14 nitrogen and oxygen atoms in total. The van der Waals surface area contributed by atoms with Crippen LogP contribution in [0.2, 0.25) is 5.02 Å². The summed E-state index contributed by atoms with van der Waals surface area (Å²) in [5.41, 5.74) is -0.324. The lowest BCUT2D eigenvalue weighted by Crippen LogP contribution is -2.51. The first-order valence-electron chi connectivity index (χ1n) is 16.3. The maximum atomic E-state index is 14.3. The minimum absolute atomic E-state index is 0.00473. The Bertz CT molecular complexity index is 2200. The molecule has 3 aliphatic rings. The quantitative estimate of drug-likeness (QED) is 0.252. The van der Waals surface area contributed by atoms with E-state index in [2.05, 4.69) is 15.4 Å². The molecule has 6 heterocycles. The summed E-state index contributed by atoms with van der Waals surface area (Å²) >= 11 is 6.12. The van der Waals surface area contributed by atoms with E-state index in [1.54, 1.807) is 15.5 Å². The Morgan fingerprint density at radius 2 is 1.82 bits per heavy atom. The number of halogens is 4. The average Bonchev–Trinajstić information content (AvgIpc) is 3.84. The number of amides is 2. The highest BCUT2D eigenvalue weighted by molar-refractivity contribution is 6.33. The van der Waals surface area contributed by atoms with Gasteiger partial charge in [-0.05, 0) is 48.2 Å². The van der Waals surface area contributed by atoms with Gasteiger partial charge in [0.2, 0.25) is 11.8 Å². The van der Waals surface area contributed by atoms with Crippen molar-refractivity contribution in [3.8, 4) is 0 Å². The average molecular weight is 728 g/mol. The zero-order valence-electron chi connectivity index (χ0n) is 27.0. The van der Waals surface area contributed by atoms with E-state index in [1.807, 2.05) is 23.1 Å². The second-order valence-corrected chi connectivity index (χ2v) is 13.1. The molecule has 3 aromatic heterocycles. The molecule has 3 aliphatic heterocycles. The molecule has 2 N–H and O–H groups in total. The lowest BCUT2D eigenvalue weighted by molar-refractivity contribution is -0.672. The molecule has 0 aliphatic carbocycles. The minimum Gasteiger partial charge on any atom is -0.440 e. The van der Waals surface area contributed by atoms with Gasteiger partial charge < -0.3 is 29.0 Å². The number of morpholine rings is 1. The Kier molecular flexibility index (Phi) is 8.22. The number of nitrogens with one attached hydrogen (secondary N) is 2. The van der Waals surface area contributed by atoms with Crippen molar-refractivity contribution in [3.63, 3.8) is 0 Å². The van der Waals surface area contributed by atoms with Crippen LogP contribution in [0.3, 0.4) is 0 Å². The molecule has 2 fully saturated rings. The lowest BCUT2D eigenvalue weighted by atomic mass is 9.85. The van der Waals surface area contributed by atoms with Crippen LogP contribution in [0.4, 0.5) is 24.8 Å². The number of carbonyl (C=O) groups is 2. The highest BCUT2D eigenvalue weighted by Gasteiger charge is 2.50. The Morgan fingerprint density at radius 1 is 1.06 bits per heavy atom. The second kappa shape index (κ2) is 12.6. The zero-order valence-corrected chi connectivity index (χ0v) is 27.7. The van der Waals surface area contributed by atoms with E-state index in [9.17, 15) is 27.6 Å². The highest BCUT2D eigenvalue weighted by Crippen LogP contribution is 2.42. The van der Waals surface area contributed by atoms with E-state index in [4.69, 9.17) is 30.5 Å². The minimum atomic E-state index is -4.60. The number of alkyl halides is 3. The fourth-order valence-corrected chi connectivity index (χ4v) is 7.20. The molecule has 5 aromatic rings. The number of rotatable bonds is 6. The van der Waals surface area contributed by atoms with Crippen molar-refractivity contribution in [2.75, 3.05) is 49.6 Å². The molecule has 0 unspecified atom stereocenters. The van der Waals surface area contributed by atoms with E-state index < -0.39 is 28.8 Å². The molecular formula is C33H31ClF3N8O6+. The molecule has 2 amide bonds. The summed E-state index contributed by atoms with van der Waals surface area (Å²) in [5, 5.41) is 5.39. The van der Waals surface area contributed by atoms with Gasteiger partial charge in [-0.2, -0.15) is 18.3 Å². The number of H-pyrrole nitrogens is 1. The van der Waals surface area contributed by atoms with Crippen molar-refractivity contribution in [2.24, 2.45) is 0 Å². The second-order valence-electron chi connectivity index (χ2n) is 12.7. The van der Waals surface area contributed by atoms with Crippen LogP contribution in [-0.4, -0.2) is 75.7 Å². The third kappa shape index (κ3) is 6.08. The molecule has 8 rings (SSSR count). The number of benzene rings is 2. The predicted molar refractivity (Wildman–Crippen MR) is 174 cm³/mol. The first-order chi connectivity index (χ1) is 24.5. The maximum absolute atomic E-state index is 14.3. The molecule has 0 radical (unpaired) electrons. The third-order valence-corrected chi connectivity index (χ3v) is 9.89. The number of ether oxygens (including phenoxy) is 2. The van der Waals surface area contributed by atoms with E-state index in [-0.39, 0.29) is 42.0 Å². The normalized spacial score (nSPS) is 17.4. The number of nitrogens with zero attached hydrogens (tertiary/aromatic N) is 6. The van der Waals surface area contributed by atoms with Crippen LogP contribution in [-0.2, 0) is 50.4 Å². The summed E-state index contributed by atoms with van der Waals surface area (Å²) in [6.45, 7) is 2.24. The summed E-state index contributed by atoms with van der Waals surface area (Å²) in [5.74, 6) is 0.103. The maximum Gasteiger partial charge on any atom is 0.428 e. The number of aromatic amines is 1. The smallest absolute Gasteiger partial charge is 0.428 e. The summed E-state index contributed by atoms with van der Waals surface area (Å²) < 4.78 is 60.0. The number of hydrogen-bond acceptors (Lipinski definition) is 9.